The summed E-state index contributed by atoms with van der Waals surface area (Å²) in [6.07, 6.45) is 4.75. The molecular weight excluding hydrogens is 124 g/mol. The Morgan fingerprint density at radius 1 is 1.30 bits per heavy atom. The van der Waals surface area contributed by atoms with Gasteiger partial charge in [-0.2, -0.15) is 5.11 Å². The van der Waals surface area contributed by atoms with Gasteiger partial charge in [-0.1, -0.05) is 26.2 Å². The third kappa shape index (κ3) is 4.48. The maximum atomic E-state index is 6.87. The lowest BCUT2D eigenvalue weighted by Gasteiger charge is -2.15. The summed E-state index contributed by atoms with van der Waals surface area (Å²) in [7, 11) is 0. The van der Waals surface area contributed by atoms with Gasteiger partial charge in [0, 0.05) is 0 Å². The Morgan fingerprint density at radius 2 is 1.90 bits per heavy atom. The summed E-state index contributed by atoms with van der Waals surface area (Å²) in [5, 5.41) is 3.54. The van der Waals surface area contributed by atoms with Crippen LogP contribution in [0.25, 0.3) is 0 Å². The summed E-state index contributed by atoms with van der Waals surface area (Å²) < 4.78 is 0. The first-order valence-corrected chi connectivity index (χ1v) is 4.01. The Labute approximate surface area is 63.5 Å². The van der Waals surface area contributed by atoms with Crippen LogP contribution in [0.5, 0.6) is 0 Å². The zero-order chi connectivity index (χ0) is 8.04. The highest BCUT2D eigenvalue weighted by atomic mass is 15.0. The van der Waals surface area contributed by atoms with Crippen LogP contribution in [0.1, 0.15) is 46.5 Å². The predicted molar refractivity (Wildman–Crippen MR) is 43.4 cm³/mol. The molecule has 0 saturated carbocycles. The van der Waals surface area contributed by atoms with Crippen LogP contribution in [0.3, 0.4) is 0 Å². The number of hydrogen-bond acceptors (Lipinski definition) is 2. The quantitative estimate of drug-likeness (QED) is 0.451. The maximum absolute atomic E-state index is 6.87. The lowest BCUT2D eigenvalue weighted by Crippen LogP contribution is -2.14. The van der Waals surface area contributed by atoms with Crippen molar-refractivity contribution in [1.29, 1.82) is 5.53 Å². The molecule has 0 unspecified atom stereocenters. The van der Waals surface area contributed by atoms with Crippen molar-refractivity contribution >= 4 is 0 Å². The third-order valence-electron chi connectivity index (χ3n) is 1.69. The van der Waals surface area contributed by atoms with Gasteiger partial charge in [-0.3, -0.25) is 0 Å². The summed E-state index contributed by atoms with van der Waals surface area (Å²) >= 11 is 0. The maximum Gasteiger partial charge on any atom is 0.0757 e. The number of unbranched alkanes of at least 4 members (excludes halogenated alkanes) is 2. The first-order valence-electron chi connectivity index (χ1n) is 4.01. The molecule has 0 aromatic carbocycles. The van der Waals surface area contributed by atoms with Crippen LogP contribution in [0.2, 0.25) is 0 Å². The molecule has 0 aliphatic rings. The molecule has 0 saturated heterocycles. The largest absolute Gasteiger partial charge is 0.209 e. The molecule has 0 aromatic rings. The van der Waals surface area contributed by atoms with Crippen molar-refractivity contribution in [3.8, 4) is 0 Å². The molecule has 0 rings (SSSR count). The highest BCUT2D eigenvalue weighted by Gasteiger charge is 2.14. The number of nitrogens with zero attached hydrogens (tertiary/aromatic N) is 1. The normalized spacial score (nSPS) is 11.5. The van der Waals surface area contributed by atoms with Crippen molar-refractivity contribution in [2.75, 3.05) is 0 Å². The number of rotatable bonds is 5. The molecule has 0 aliphatic carbocycles. The Kier molecular flexibility index (Phi) is 4.24. The van der Waals surface area contributed by atoms with Crippen molar-refractivity contribution < 1.29 is 0 Å². The van der Waals surface area contributed by atoms with E-state index in [0.29, 0.717) is 0 Å². The first kappa shape index (κ1) is 9.60. The molecule has 0 spiro atoms. The van der Waals surface area contributed by atoms with E-state index in [2.05, 4.69) is 12.0 Å². The fraction of sp³-hybridized carbons (Fsp3) is 1.00. The average molecular weight is 142 g/mol. The Balaban J connectivity index is 3.37. The van der Waals surface area contributed by atoms with Gasteiger partial charge in [0.2, 0.25) is 0 Å². The van der Waals surface area contributed by atoms with Crippen molar-refractivity contribution in [1.82, 2.24) is 0 Å². The summed E-state index contributed by atoms with van der Waals surface area (Å²) in [4.78, 5) is 0. The van der Waals surface area contributed by atoms with E-state index in [0.717, 1.165) is 6.42 Å². The van der Waals surface area contributed by atoms with E-state index in [4.69, 9.17) is 5.53 Å². The van der Waals surface area contributed by atoms with E-state index in [1.54, 1.807) is 0 Å². The van der Waals surface area contributed by atoms with Gasteiger partial charge in [-0.25, -0.2) is 5.53 Å². The SMILES string of the molecule is CCCCCC(C)(C)N=N. The highest BCUT2D eigenvalue weighted by Crippen LogP contribution is 2.17. The topological polar surface area (TPSA) is 36.2 Å². The molecule has 0 atom stereocenters. The minimum absolute atomic E-state index is 0.116. The standard InChI is InChI=1S/C8H18N2/c1-4-5-6-7-8(2,3)10-9/h9H,4-7H2,1-3H3. The molecule has 10 heavy (non-hydrogen) atoms. The van der Waals surface area contributed by atoms with Crippen molar-refractivity contribution in [2.45, 2.75) is 52.0 Å². The smallest absolute Gasteiger partial charge is 0.0757 e. The Morgan fingerprint density at radius 3 is 2.30 bits per heavy atom. The van der Waals surface area contributed by atoms with Gasteiger partial charge in [-0.05, 0) is 20.3 Å². The minimum atomic E-state index is -0.116. The van der Waals surface area contributed by atoms with Crippen LogP contribution in [0, 0.1) is 5.53 Å². The fourth-order valence-corrected chi connectivity index (χ4v) is 0.864. The monoisotopic (exact) mass is 142 g/mol. The lowest BCUT2D eigenvalue weighted by molar-refractivity contribution is 0.424. The van der Waals surface area contributed by atoms with Crippen molar-refractivity contribution in [3.05, 3.63) is 0 Å². The Bertz CT molecular complexity index is 97.4. The first-order chi connectivity index (χ1) is 4.62. The zero-order valence-electron chi connectivity index (χ0n) is 7.28. The summed E-state index contributed by atoms with van der Waals surface area (Å²) in [6.45, 7) is 6.20. The highest BCUT2D eigenvalue weighted by molar-refractivity contribution is 4.73. The van der Waals surface area contributed by atoms with Gasteiger partial charge in [0.05, 0.1) is 5.54 Å². The second-order valence-corrected chi connectivity index (χ2v) is 3.38. The molecule has 0 aliphatic heterocycles. The Hall–Kier alpha value is -0.400. The van der Waals surface area contributed by atoms with Crippen LogP contribution in [-0.4, -0.2) is 5.54 Å². The second-order valence-electron chi connectivity index (χ2n) is 3.38. The molecule has 2 nitrogen and oxygen atoms in total. The number of hydrogen-bond donors (Lipinski definition) is 1. The molecule has 0 radical (unpaired) electrons. The third-order valence-corrected chi connectivity index (χ3v) is 1.69. The van der Waals surface area contributed by atoms with E-state index in [1.807, 2.05) is 13.8 Å². The lowest BCUT2D eigenvalue weighted by atomic mass is 9.98. The molecule has 0 amide bonds. The molecule has 0 aromatic heterocycles. The van der Waals surface area contributed by atoms with Gasteiger partial charge in [0.15, 0.2) is 0 Å². The van der Waals surface area contributed by atoms with Crippen molar-refractivity contribution in [3.63, 3.8) is 0 Å². The average Bonchev–Trinajstić information content (AvgIpc) is 1.89. The van der Waals surface area contributed by atoms with Gasteiger partial charge < -0.3 is 0 Å². The molecule has 0 fully saturated rings. The van der Waals surface area contributed by atoms with Crippen LogP contribution in [-0.2, 0) is 0 Å². The predicted octanol–water partition coefficient (Wildman–Crippen LogP) is 3.38. The minimum Gasteiger partial charge on any atom is -0.209 e. The second kappa shape index (κ2) is 4.42. The van der Waals surface area contributed by atoms with Gasteiger partial charge in [0.25, 0.3) is 0 Å². The van der Waals surface area contributed by atoms with Crippen LogP contribution >= 0.6 is 0 Å². The molecule has 1 N–H and O–H groups in total. The summed E-state index contributed by atoms with van der Waals surface area (Å²) in [6, 6.07) is 0. The number of nitrogens with one attached hydrogen (secondary N) is 1. The van der Waals surface area contributed by atoms with E-state index in [9.17, 15) is 0 Å². The summed E-state index contributed by atoms with van der Waals surface area (Å²) in [5.74, 6) is 0. The molecule has 60 valence electrons. The van der Waals surface area contributed by atoms with Crippen LogP contribution in [0.15, 0.2) is 5.11 Å². The molecule has 0 bridgehead atoms. The van der Waals surface area contributed by atoms with E-state index >= 15 is 0 Å². The molecular formula is C8H18N2. The fourth-order valence-electron chi connectivity index (χ4n) is 0.864. The molecule has 2 heteroatoms. The van der Waals surface area contributed by atoms with E-state index < -0.39 is 0 Å². The summed E-state index contributed by atoms with van der Waals surface area (Å²) in [5.41, 5.74) is 6.75. The van der Waals surface area contributed by atoms with Crippen LogP contribution < -0.4 is 0 Å². The van der Waals surface area contributed by atoms with E-state index in [-0.39, 0.29) is 5.54 Å². The zero-order valence-corrected chi connectivity index (χ0v) is 7.28. The molecule has 0 heterocycles. The van der Waals surface area contributed by atoms with Crippen LogP contribution in [0.4, 0.5) is 0 Å². The van der Waals surface area contributed by atoms with Gasteiger partial charge in [0.1, 0.15) is 0 Å². The van der Waals surface area contributed by atoms with Gasteiger partial charge >= 0.3 is 0 Å². The van der Waals surface area contributed by atoms with Crippen molar-refractivity contribution in [2.24, 2.45) is 5.11 Å². The van der Waals surface area contributed by atoms with E-state index in [1.165, 1.54) is 19.3 Å². The van der Waals surface area contributed by atoms with Gasteiger partial charge in [-0.15, -0.1) is 0 Å².